The highest BCUT2D eigenvalue weighted by molar-refractivity contribution is 5.90. The van der Waals surface area contributed by atoms with Crippen LogP contribution in [0.2, 0.25) is 0 Å². The van der Waals surface area contributed by atoms with Crippen LogP contribution in [0.1, 0.15) is 11.1 Å². The van der Waals surface area contributed by atoms with E-state index in [-0.39, 0.29) is 0 Å². The number of nitrogens with one attached hydrogen (secondary N) is 1. The summed E-state index contributed by atoms with van der Waals surface area (Å²) in [6.45, 7) is 0.423. The van der Waals surface area contributed by atoms with Crippen LogP contribution in [0.4, 0.5) is 19.0 Å². The fourth-order valence-corrected chi connectivity index (χ4v) is 2.70. The van der Waals surface area contributed by atoms with E-state index in [0.717, 1.165) is 17.7 Å². The topological polar surface area (TPSA) is 55.6 Å². The Hall–Kier alpha value is -3.42. The lowest BCUT2D eigenvalue weighted by molar-refractivity contribution is -0.137. The van der Waals surface area contributed by atoms with Crippen LogP contribution in [0.15, 0.2) is 67.3 Å². The van der Waals surface area contributed by atoms with Crippen LogP contribution in [0, 0.1) is 0 Å². The van der Waals surface area contributed by atoms with Gasteiger partial charge in [-0.2, -0.15) is 18.2 Å². The SMILES string of the molecule is FC(F)(F)c1ccc2nc(-n3ccnc3)nc(NCc3ccccc3)c2c1. The maximum absolute atomic E-state index is 13.1. The molecule has 4 aromatic rings. The van der Waals surface area contributed by atoms with Crippen molar-refractivity contribution in [2.45, 2.75) is 12.7 Å². The Morgan fingerprint density at radius 1 is 1.00 bits per heavy atom. The van der Waals surface area contributed by atoms with E-state index in [2.05, 4.69) is 20.3 Å². The number of nitrogens with zero attached hydrogens (tertiary/aromatic N) is 4. The standard InChI is InChI=1S/C19H14F3N5/c20-19(21,22)14-6-7-16-15(10-14)17(24-11-13-4-2-1-3-5-13)26-18(25-16)27-9-8-23-12-27/h1-10,12H,11H2,(H,24,25,26). The van der Waals surface area contributed by atoms with Gasteiger partial charge in [0.2, 0.25) is 5.95 Å². The number of hydrogen-bond acceptors (Lipinski definition) is 4. The molecule has 2 aromatic heterocycles. The fraction of sp³-hybridized carbons (Fsp3) is 0.105. The van der Waals surface area contributed by atoms with Gasteiger partial charge < -0.3 is 5.32 Å². The number of hydrogen-bond donors (Lipinski definition) is 1. The van der Waals surface area contributed by atoms with E-state index in [9.17, 15) is 13.2 Å². The van der Waals surface area contributed by atoms with Crippen molar-refractivity contribution >= 4 is 16.7 Å². The minimum atomic E-state index is -4.44. The molecule has 1 N–H and O–H groups in total. The summed E-state index contributed by atoms with van der Waals surface area (Å²) in [6.07, 6.45) is 0.351. The Balaban J connectivity index is 1.80. The lowest BCUT2D eigenvalue weighted by Gasteiger charge is -2.13. The van der Waals surface area contributed by atoms with Crippen molar-refractivity contribution in [3.63, 3.8) is 0 Å². The molecule has 0 amide bonds. The predicted octanol–water partition coefficient (Wildman–Crippen LogP) is 4.45. The first-order chi connectivity index (χ1) is 13.0. The first-order valence-electron chi connectivity index (χ1n) is 8.16. The van der Waals surface area contributed by atoms with Gasteiger partial charge in [0.05, 0.1) is 11.1 Å². The monoisotopic (exact) mass is 369 g/mol. The van der Waals surface area contributed by atoms with Crippen molar-refractivity contribution in [1.29, 1.82) is 0 Å². The summed E-state index contributed by atoms with van der Waals surface area (Å²) in [5.41, 5.74) is 0.662. The Labute approximate surface area is 152 Å². The summed E-state index contributed by atoms with van der Waals surface area (Å²) in [7, 11) is 0. The molecule has 0 aliphatic carbocycles. The fourth-order valence-electron chi connectivity index (χ4n) is 2.70. The maximum Gasteiger partial charge on any atom is 0.416 e. The molecule has 0 saturated heterocycles. The van der Waals surface area contributed by atoms with Crippen molar-refractivity contribution in [3.8, 4) is 5.95 Å². The molecule has 0 atom stereocenters. The average Bonchev–Trinajstić information content (AvgIpc) is 3.20. The van der Waals surface area contributed by atoms with Gasteiger partial charge in [0.25, 0.3) is 0 Å². The molecule has 0 radical (unpaired) electrons. The second kappa shape index (κ2) is 6.71. The highest BCUT2D eigenvalue weighted by atomic mass is 19.4. The average molecular weight is 369 g/mol. The van der Waals surface area contributed by atoms with Crippen LogP contribution < -0.4 is 5.32 Å². The van der Waals surface area contributed by atoms with Crippen molar-refractivity contribution in [2.75, 3.05) is 5.32 Å². The largest absolute Gasteiger partial charge is 0.416 e. The predicted molar refractivity (Wildman–Crippen MR) is 95.4 cm³/mol. The number of imidazole rings is 1. The Morgan fingerprint density at radius 3 is 2.52 bits per heavy atom. The third-order valence-corrected chi connectivity index (χ3v) is 4.05. The maximum atomic E-state index is 13.1. The van der Waals surface area contributed by atoms with Crippen molar-refractivity contribution in [2.24, 2.45) is 0 Å². The molecule has 0 saturated carbocycles. The third kappa shape index (κ3) is 3.59. The van der Waals surface area contributed by atoms with Crippen LogP contribution >= 0.6 is 0 Å². The van der Waals surface area contributed by atoms with Gasteiger partial charge in [0.15, 0.2) is 0 Å². The van der Waals surface area contributed by atoms with E-state index in [4.69, 9.17) is 0 Å². The quantitative estimate of drug-likeness (QED) is 0.578. The van der Waals surface area contributed by atoms with Crippen molar-refractivity contribution in [3.05, 3.63) is 78.4 Å². The molecule has 4 rings (SSSR count). The number of halogens is 3. The van der Waals surface area contributed by atoms with Crippen LogP contribution in [0.3, 0.4) is 0 Å². The lowest BCUT2D eigenvalue weighted by Crippen LogP contribution is -2.09. The van der Waals surface area contributed by atoms with Crippen LogP contribution in [0.5, 0.6) is 0 Å². The summed E-state index contributed by atoms with van der Waals surface area (Å²) in [5, 5.41) is 3.44. The molecule has 2 aromatic carbocycles. The van der Waals surface area contributed by atoms with Crippen LogP contribution in [0.25, 0.3) is 16.9 Å². The van der Waals surface area contributed by atoms with E-state index >= 15 is 0 Å². The number of alkyl halides is 3. The van der Waals surface area contributed by atoms with Gasteiger partial charge in [-0.05, 0) is 23.8 Å². The van der Waals surface area contributed by atoms with Gasteiger partial charge in [0, 0.05) is 24.3 Å². The summed E-state index contributed by atoms with van der Waals surface area (Å²) in [4.78, 5) is 12.7. The summed E-state index contributed by atoms with van der Waals surface area (Å²) in [6, 6.07) is 13.0. The molecule has 0 aliphatic rings. The van der Waals surface area contributed by atoms with Crippen LogP contribution in [-0.4, -0.2) is 19.5 Å². The molecule has 2 heterocycles. The Bertz CT molecular complexity index is 1060. The normalized spacial score (nSPS) is 11.7. The van der Waals surface area contributed by atoms with E-state index in [1.165, 1.54) is 12.4 Å². The second-order valence-electron chi connectivity index (χ2n) is 5.91. The molecular weight excluding hydrogens is 355 g/mol. The Morgan fingerprint density at radius 2 is 1.81 bits per heavy atom. The molecule has 8 heteroatoms. The lowest BCUT2D eigenvalue weighted by atomic mass is 10.1. The first-order valence-corrected chi connectivity index (χ1v) is 8.16. The zero-order valence-corrected chi connectivity index (χ0v) is 14.0. The number of benzene rings is 2. The van der Waals surface area contributed by atoms with Gasteiger partial charge in [0.1, 0.15) is 12.1 Å². The zero-order chi connectivity index (χ0) is 18.9. The minimum absolute atomic E-state index is 0.310. The molecule has 0 spiro atoms. The molecule has 27 heavy (non-hydrogen) atoms. The first kappa shape index (κ1) is 17.0. The van der Waals surface area contributed by atoms with Gasteiger partial charge in [-0.25, -0.2) is 9.97 Å². The molecular formula is C19H14F3N5. The molecule has 0 fully saturated rings. The molecule has 5 nitrogen and oxygen atoms in total. The summed E-state index contributed by atoms with van der Waals surface area (Å²) in [5.74, 6) is 0.661. The highest BCUT2D eigenvalue weighted by Gasteiger charge is 2.31. The van der Waals surface area contributed by atoms with Gasteiger partial charge in [-0.1, -0.05) is 30.3 Å². The van der Waals surface area contributed by atoms with Crippen molar-refractivity contribution in [1.82, 2.24) is 19.5 Å². The molecule has 0 unspecified atom stereocenters. The number of aromatic nitrogens is 4. The van der Waals surface area contributed by atoms with E-state index in [0.29, 0.717) is 29.2 Å². The van der Waals surface area contributed by atoms with E-state index < -0.39 is 11.7 Å². The van der Waals surface area contributed by atoms with Crippen LogP contribution in [-0.2, 0) is 12.7 Å². The molecule has 0 aliphatic heterocycles. The zero-order valence-electron chi connectivity index (χ0n) is 14.0. The van der Waals surface area contributed by atoms with E-state index in [1.54, 1.807) is 17.0 Å². The molecule has 136 valence electrons. The van der Waals surface area contributed by atoms with Gasteiger partial charge in [-0.15, -0.1) is 0 Å². The third-order valence-electron chi connectivity index (χ3n) is 4.05. The number of anilines is 1. The summed E-state index contributed by atoms with van der Waals surface area (Å²) < 4.78 is 41.0. The molecule has 0 bridgehead atoms. The van der Waals surface area contributed by atoms with Crippen molar-refractivity contribution < 1.29 is 13.2 Å². The summed E-state index contributed by atoms with van der Waals surface area (Å²) >= 11 is 0. The number of fused-ring (bicyclic) bond motifs is 1. The number of rotatable bonds is 4. The highest BCUT2D eigenvalue weighted by Crippen LogP contribution is 2.33. The second-order valence-corrected chi connectivity index (χ2v) is 5.91. The smallest absolute Gasteiger partial charge is 0.365 e. The Kier molecular flexibility index (Phi) is 4.23. The minimum Gasteiger partial charge on any atom is -0.365 e. The van der Waals surface area contributed by atoms with Gasteiger partial charge in [-0.3, -0.25) is 4.57 Å². The van der Waals surface area contributed by atoms with Gasteiger partial charge >= 0.3 is 6.18 Å². The van der Waals surface area contributed by atoms with E-state index in [1.807, 2.05) is 30.3 Å².